The molecule has 2 aliphatic heterocycles. The first-order valence-electron chi connectivity index (χ1n) is 8.83. The second-order valence-electron chi connectivity index (χ2n) is 7.01. The number of hydrogen-bond donors (Lipinski definition) is 0. The van der Waals surface area contributed by atoms with Gasteiger partial charge in [-0.05, 0) is 37.0 Å². The molecule has 2 aromatic rings. The van der Waals surface area contributed by atoms with Gasteiger partial charge in [0.25, 0.3) is 0 Å². The minimum atomic E-state index is -3.67. The molecule has 1 aromatic carbocycles. The van der Waals surface area contributed by atoms with Crippen molar-refractivity contribution in [2.75, 3.05) is 17.7 Å². The van der Waals surface area contributed by atoms with Crippen molar-refractivity contribution in [2.45, 2.75) is 43.4 Å². The number of halogens is 1. The Bertz CT molecular complexity index is 1050. The first kappa shape index (κ1) is 18.0. The third-order valence-electron chi connectivity index (χ3n) is 5.06. The molecule has 0 saturated carbocycles. The van der Waals surface area contributed by atoms with Crippen LogP contribution >= 0.6 is 0 Å². The molecular formula is C18H20FN3O4S. The molecule has 1 saturated heterocycles. The number of fused-ring (bicyclic) bond motifs is 3. The standard InChI is InChI=1S/C18H20FN3O4S/c1-27(24,25)15-8-12(5-6-14(15)19)11-26-16-9-17-21-7-3-2-4-13(21)10-22(17)18(23)20-16/h5-6,8-9,13H,2-4,7,10-11H2,1H3. The van der Waals surface area contributed by atoms with Crippen molar-refractivity contribution in [2.24, 2.45) is 0 Å². The monoisotopic (exact) mass is 393 g/mol. The van der Waals surface area contributed by atoms with Crippen LogP contribution in [-0.2, 0) is 23.0 Å². The van der Waals surface area contributed by atoms with Gasteiger partial charge in [-0.2, -0.15) is 4.98 Å². The molecule has 9 heteroatoms. The van der Waals surface area contributed by atoms with E-state index in [0.717, 1.165) is 43.9 Å². The highest BCUT2D eigenvalue weighted by Crippen LogP contribution is 2.32. The molecule has 27 heavy (non-hydrogen) atoms. The summed E-state index contributed by atoms with van der Waals surface area (Å²) in [4.78, 5) is 18.2. The number of hydrogen-bond acceptors (Lipinski definition) is 6. The quantitative estimate of drug-likeness (QED) is 0.787. The van der Waals surface area contributed by atoms with Crippen LogP contribution in [0.4, 0.5) is 10.2 Å². The van der Waals surface area contributed by atoms with Crippen molar-refractivity contribution in [3.63, 3.8) is 0 Å². The Balaban J connectivity index is 1.57. The number of sulfone groups is 1. The average molecular weight is 393 g/mol. The van der Waals surface area contributed by atoms with Gasteiger partial charge in [0.2, 0.25) is 5.88 Å². The largest absolute Gasteiger partial charge is 0.473 e. The summed E-state index contributed by atoms with van der Waals surface area (Å²) in [6, 6.07) is 5.86. The van der Waals surface area contributed by atoms with E-state index < -0.39 is 15.7 Å². The van der Waals surface area contributed by atoms with E-state index in [4.69, 9.17) is 4.74 Å². The molecule has 0 radical (unpaired) electrons. The van der Waals surface area contributed by atoms with Gasteiger partial charge >= 0.3 is 5.69 Å². The zero-order valence-corrected chi connectivity index (χ0v) is 15.7. The first-order valence-corrected chi connectivity index (χ1v) is 10.7. The van der Waals surface area contributed by atoms with E-state index in [1.807, 2.05) is 0 Å². The van der Waals surface area contributed by atoms with Gasteiger partial charge in [-0.3, -0.25) is 4.57 Å². The van der Waals surface area contributed by atoms with Crippen molar-refractivity contribution in [3.05, 3.63) is 46.1 Å². The van der Waals surface area contributed by atoms with Gasteiger partial charge in [-0.15, -0.1) is 0 Å². The summed E-state index contributed by atoms with van der Waals surface area (Å²) >= 11 is 0. The van der Waals surface area contributed by atoms with Gasteiger partial charge in [-0.1, -0.05) is 6.07 Å². The van der Waals surface area contributed by atoms with Gasteiger partial charge in [0, 0.05) is 31.5 Å². The molecule has 144 valence electrons. The van der Waals surface area contributed by atoms with Crippen LogP contribution in [0.1, 0.15) is 24.8 Å². The normalized spacial score (nSPS) is 18.9. The third kappa shape index (κ3) is 3.43. The summed E-state index contributed by atoms with van der Waals surface area (Å²) < 4.78 is 44.3. The van der Waals surface area contributed by atoms with E-state index >= 15 is 0 Å². The van der Waals surface area contributed by atoms with Crippen molar-refractivity contribution >= 4 is 15.7 Å². The fourth-order valence-corrected chi connectivity index (χ4v) is 4.53. The number of piperidine rings is 1. The number of rotatable bonds is 4. The van der Waals surface area contributed by atoms with E-state index in [2.05, 4.69) is 9.88 Å². The number of aromatic nitrogens is 2. The van der Waals surface area contributed by atoms with E-state index in [9.17, 15) is 17.6 Å². The Hall–Kier alpha value is -2.42. The number of anilines is 1. The molecule has 1 fully saturated rings. The zero-order chi connectivity index (χ0) is 19.2. The van der Waals surface area contributed by atoms with Crippen molar-refractivity contribution in [1.82, 2.24) is 9.55 Å². The molecule has 1 atom stereocenters. The van der Waals surface area contributed by atoms with E-state index in [-0.39, 0.29) is 23.1 Å². The topological polar surface area (TPSA) is 81.5 Å². The highest BCUT2D eigenvalue weighted by molar-refractivity contribution is 7.90. The molecule has 4 rings (SSSR count). The third-order valence-corrected chi connectivity index (χ3v) is 6.17. The summed E-state index contributed by atoms with van der Waals surface area (Å²) in [5.41, 5.74) is 0.128. The van der Waals surface area contributed by atoms with Crippen LogP contribution in [0, 0.1) is 5.82 Å². The molecule has 0 aliphatic carbocycles. The van der Waals surface area contributed by atoms with Crippen LogP contribution in [-0.4, -0.2) is 36.8 Å². The summed E-state index contributed by atoms with van der Waals surface area (Å²) in [5, 5.41) is 0. The first-order chi connectivity index (χ1) is 12.8. The Labute approximate surface area is 156 Å². The fraction of sp³-hybridized carbons (Fsp3) is 0.444. The number of nitrogens with zero attached hydrogens (tertiary/aromatic N) is 3. The van der Waals surface area contributed by atoms with Crippen molar-refractivity contribution < 1.29 is 17.5 Å². The van der Waals surface area contributed by atoms with E-state index in [1.54, 1.807) is 10.6 Å². The summed E-state index contributed by atoms with van der Waals surface area (Å²) in [7, 11) is -3.67. The lowest BCUT2D eigenvalue weighted by atomic mass is 10.0. The summed E-state index contributed by atoms with van der Waals surface area (Å²) in [6.45, 7) is 1.54. The molecular weight excluding hydrogens is 373 g/mol. The fourth-order valence-electron chi connectivity index (χ4n) is 3.74. The lowest BCUT2D eigenvalue weighted by Gasteiger charge is -2.30. The van der Waals surface area contributed by atoms with Crippen molar-refractivity contribution in [3.8, 4) is 5.88 Å². The summed E-state index contributed by atoms with van der Waals surface area (Å²) in [5.74, 6) is 0.194. The van der Waals surface area contributed by atoms with Crippen LogP contribution in [0.2, 0.25) is 0 Å². The molecule has 0 spiro atoms. The Morgan fingerprint density at radius 1 is 1.30 bits per heavy atom. The summed E-state index contributed by atoms with van der Waals surface area (Å²) in [6.07, 6.45) is 4.26. The second-order valence-corrected chi connectivity index (χ2v) is 9.00. The molecule has 1 aromatic heterocycles. The van der Waals surface area contributed by atoms with Crippen LogP contribution < -0.4 is 15.3 Å². The minimum absolute atomic E-state index is 0.0118. The lowest BCUT2D eigenvalue weighted by molar-refractivity contribution is 0.291. The molecule has 7 nitrogen and oxygen atoms in total. The molecule has 1 unspecified atom stereocenters. The number of ether oxygens (including phenoxy) is 1. The SMILES string of the molecule is CS(=O)(=O)c1cc(COc2cc3n(c(=O)n2)CC2CCCCN32)ccc1F. The molecule has 0 N–H and O–H groups in total. The zero-order valence-electron chi connectivity index (χ0n) is 14.9. The Morgan fingerprint density at radius 2 is 2.11 bits per heavy atom. The molecule has 2 aliphatic rings. The van der Waals surface area contributed by atoms with Gasteiger partial charge in [0.1, 0.15) is 23.1 Å². The van der Waals surface area contributed by atoms with Gasteiger partial charge in [-0.25, -0.2) is 17.6 Å². The molecule has 0 amide bonds. The molecule has 0 bridgehead atoms. The predicted molar refractivity (Wildman–Crippen MR) is 97.3 cm³/mol. The van der Waals surface area contributed by atoms with Crippen LogP contribution in [0.5, 0.6) is 5.88 Å². The highest BCUT2D eigenvalue weighted by atomic mass is 32.2. The van der Waals surface area contributed by atoms with E-state index in [1.165, 1.54) is 12.1 Å². The van der Waals surface area contributed by atoms with E-state index in [0.29, 0.717) is 18.2 Å². The smallest absolute Gasteiger partial charge is 0.352 e. The van der Waals surface area contributed by atoms with Gasteiger partial charge in [0.15, 0.2) is 9.84 Å². The van der Waals surface area contributed by atoms with Crippen LogP contribution in [0.25, 0.3) is 0 Å². The lowest BCUT2D eigenvalue weighted by Crippen LogP contribution is -2.36. The second kappa shape index (κ2) is 6.63. The maximum Gasteiger partial charge on any atom is 0.352 e. The average Bonchev–Trinajstić information content (AvgIpc) is 2.99. The van der Waals surface area contributed by atoms with Crippen molar-refractivity contribution in [1.29, 1.82) is 0 Å². The molecule has 3 heterocycles. The van der Waals surface area contributed by atoms with Gasteiger partial charge < -0.3 is 9.64 Å². The number of benzene rings is 1. The predicted octanol–water partition coefficient (Wildman–Crippen LogP) is 1.74. The maximum atomic E-state index is 13.7. The van der Waals surface area contributed by atoms with Crippen LogP contribution in [0.3, 0.4) is 0 Å². The maximum absolute atomic E-state index is 13.7. The highest BCUT2D eigenvalue weighted by Gasteiger charge is 2.32. The minimum Gasteiger partial charge on any atom is -0.473 e. The van der Waals surface area contributed by atoms with Crippen LogP contribution in [0.15, 0.2) is 34.0 Å². The Morgan fingerprint density at radius 3 is 2.89 bits per heavy atom. The van der Waals surface area contributed by atoms with Gasteiger partial charge in [0.05, 0.1) is 0 Å². The Kier molecular flexibility index (Phi) is 4.41.